The second-order valence-corrected chi connectivity index (χ2v) is 6.53. The molecular weight excluding hydrogens is 390 g/mol. The van der Waals surface area contributed by atoms with Crippen LogP contribution in [-0.4, -0.2) is 59.2 Å². The number of aromatic nitrogens is 4. The van der Waals surface area contributed by atoms with E-state index in [1.165, 1.54) is 31.7 Å². The van der Waals surface area contributed by atoms with Gasteiger partial charge in [0.15, 0.2) is 11.4 Å². The molecule has 152 valence electrons. The number of piperidine rings is 1. The molecule has 2 aromatic rings. The van der Waals surface area contributed by atoms with Gasteiger partial charge in [0.25, 0.3) is 0 Å². The fourth-order valence-electron chi connectivity index (χ4n) is 3.10. The summed E-state index contributed by atoms with van der Waals surface area (Å²) in [7, 11) is 0. The van der Waals surface area contributed by atoms with Gasteiger partial charge in [-0.25, -0.2) is 19.9 Å². The quantitative estimate of drug-likeness (QED) is 0.781. The molecule has 0 aromatic carbocycles. The minimum absolute atomic E-state index is 0. The van der Waals surface area contributed by atoms with E-state index in [2.05, 4.69) is 35.1 Å². The van der Waals surface area contributed by atoms with Gasteiger partial charge in [0.2, 0.25) is 0 Å². The maximum absolute atomic E-state index is 8.57. The monoisotopic (exact) mass is 413 g/mol. The van der Waals surface area contributed by atoms with Crippen molar-refractivity contribution in [1.29, 1.82) is 10.5 Å². The summed E-state index contributed by atoms with van der Waals surface area (Å²) in [4.78, 5) is 20.8. The second-order valence-electron chi connectivity index (χ2n) is 6.53. The molecule has 2 saturated heterocycles. The Bertz CT molecular complexity index is 743. The Kier molecular flexibility index (Phi) is 9.03. The third kappa shape index (κ3) is 6.53. The smallest absolute Gasteiger partial charge is 0.158 e. The zero-order valence-electron chi connectivity index (χ0n) is 16.2. The maximum Gasteiger partial charge on any atom is 0.158 e. The van der Waals surface area contributed by atoms with Crippen molar-refractivity contribution in [3.8, 4) is 12.1 Å². The average Bonchev–Trinajstić information content (AvgIpc) is 2.81. The third-order valence-electron chi connectivity index (χ3n) is 4.63. The van der Waals surface area contributed by atoms with Crippen LogP contribution in [0, 0.1) is 22.7 Å². The van der Waals surface area contributed by atoms with Crippen LogP contribution in [0.5, 0.6) is 0 Å². The summed E-state index contributed by atoms with van der Waals surface area (Å²) in [6.07, 6.45) is 10.1. The van der Waals surface area contributed by atoms with Gasteiger partial charge < -0.3 is 15.1 Å². The molecule has 0 saturated carbocycles. The lowest BCUT2D eigenvalue weighted by Gasteiger charge is -2.27. The largest absolute Gasteiger partial charge is 0.355 e. The van der Waals surface area contributed by atoms with Crippen LogP contribution >= 0.6 is 12.4 Å². The first kappa shape index (κ1) is 22.3. The van der Waals surface area contributed by atoms with E-state index in [-0.39, 0.29) is 12.4 Å². The molecule has 1 N–H and O–H groups in total. The minimum atomic E-state index is 0. The molecule has 2 aromatic heterocycles. The lowest BCUT2D eigenvalue weighted by molar-refractivity contribution is 0.572. The molecular formula is C19H24ClN9. The van der Waals surface area contributed by atoms with Crippen molar-refractivity contribution in [2.45, 2.75) is 19.3 Å². The number of nitriles is 2. The van der Waals surface area contributed by atoms with Gasteiger partial charge in [-0.1, -0.05) is 0 Å². The van der Waals surface area contributed by atoms with Crippen molar-refractivity contribution in [2.75, 3.05) is 49.1 Å². The van der Waals surface area contributed by atoms with Crippen LogP contribution in [0.15, 0.2) is 24.8 Å². The highest BCUT2D eigenvalue weighted by Crippen LogP contribution is 2.15. The molecule has 0 aliphatic carbocycles. The van der Waals surface area contributed by atoms with Crippen molar-refractivity contribution in [2.24, 2.45) is 0 Å². The van der Waals surface area contributed by atoms with Crippen molar-refractivity contribution < 1.29 is 0 Å². The summed E-state index contributed by atoms with van der Waals surface area (Å²) >= 11 is 0. The van der Waals surface area contributed by atoms with Gasteiger partial charge >= 0.3 is 0 Å². The molecule has 9 nitrogen and oxygen atoms in total. The molecule has 0 amide bonds. The maximum atomic E-state index is 8.57. The predicted octanol–water partition coefficient (Wildman–Crippen LogP) is 1.52. The van der Waals surface area contributed by atoms with Crippen molar-refractivity contribution in [1.82, 2.24) is 25.3 Å². The Hall–Kier alpha value is -3.01. The zero-order valence-corrected chi connectivity index (χ0v) is 17.0. The topological polar surface area (TPSA) is 118 Å². The number of halogens is 1. The van der Waals surface area contributed by atoms with Crippen LogP contribution in [0.4, 0.5) is 11.6 Å². The molecule has 4 heterocycles. The standard InChI is InChI=1S/C10H12N4.C9H11N5.ClH/c11-6-9-7-13-10(8-12-9)14-4-2-1-3-5-14;10-5-8-6-13-9(7-12-8)14-3-1-11-2-4-14;/h7-8H,1-5H2;6-7,11H,1-4H2;1H. The van der Waals surface area contributed by atoms with Gasteiger partial charge in [-0.15, -0.1) is 12.4 Å². The highest BCUT2D eigenvalue weighted by Gasteiger charge is 2.12. The average molecular weight is 414 g/mol. The molecule has 0 bridgehead atoms. The van der Waals surface area contributed by atoms with Gasteiger partial charge in [0, 0.05) is 39.3 Å². The number of hydrogen-bond acceptors (Lipinski definition) is 9. The molecule has 0 atom stereocenters. The van der Waals surface area contributed by atoms with E-state index < -0.39 is 0 Å². The number of nitrogens with zero attached hydrogens (tertiary/aromatic N) is 8. The summed E-state index contributed by atoms with van der Waals surface area (Å²) in [6, 6.07) is 3.92. The lowest BCUT2D eigenvalue weighted by atomic mass is 10.1. The SMILES string of the molecule is Cl.N#Cc1cnc(N2CCCCC2)cn1.N#Cc1cnc(N2CCNCC2)cn1. The Morgan fingerprint density at radius 2 is 1.17 bits per heavy atom. The Morgan fingerprint density at radius 1 is 0.690 bits per heavy atom. The fourth-order valence-corrected chi connectivity index (χ4v) is 3.10. The van der Waals surface area contributed by atoms with E-state index in [0.717, 1.165) is 50.9 Å². The second kappa shape index (κ2) is 11.7. The van der Waals surface area contributed by atoms with Gasteiger partial charge in [-0.2, -0.15) is 10.5 Å². The van der Waals surface area contributed by atoms with Crippen molar-refractivity contribution in [3.05, 3.63) is 36.2 Å². The number of hydrogen-bond donors (Lipinski definition) is 1. The summed E-state index contributed by atoms with van der Waals surface area (Å²) < 4.78 is 0. The highest BCUT2D eigenvalue weighted by atomic mass is 35.5. The van der Waals surface area contributed by atoms with Gasteiger partial charge in [0.1, 0.15) is 23.8 Å². The predicted molar refractivity (Wildman–Crippen MR) is 112 cm³/mol. The van der Waals surface area contributed by atoms with Gasteiger partial charge in [-0.3, -0.25) is 0 Å². The van der Waals surface area contributed by atoms with E-state index in [4.69, 9.17) is 10.5 Å². The fraction of sp³-hybridized carbons (Fsp3) is 0.474. The number of rotatable bonds is 2. The molecule has 0 radical (unpaired) electrons. The van der Waals surface area contributed by atoms with Gasteiger partial charge in [-0.05, 0) is 19.3 Å². The van der Waals surface area contributed by atoms with Crippen LogP contribution in [0.1, 0.15) is 30.7 Å². The van der Waals surface area contributed by atoms with Crippen LogP contribution in [-0.2, 0) is 0 Å². The van der Waals surface area contributed by atoms with Crippen LogP contribution in [0.3, 0.4) is 0 Å². The Balaban J connectivity index is 0.000000200. The molecule has 2 aliphatic heterocycles. The summed E-state index contributed by atoms with van der Waals surface area (Å²) in [6.45, 7) is 5.95. The zero-order chi connectivity index (χ0) is 19.6. The van der Waals surface area contributed by atoms with Crippen molar-refractivity contribution >= 4 is 24.0 Å². The number of nitrogens with one attached hydrogen (secondary N) is 1. The van der Waals surface area contributed by atoms with E-state index in [1.807, 2.05) is 12.1 Å². The summed E-state index contributed by atoms with van der Waals surface area (Å²) in [5.74, 6) is 1.74. The first-order valence-electron chi connectivity index (χ1n) is 9.45. The number of anilines is 2. The third-order valence-corrected chi connectivity index (χ3v) is 4.63. The highest BCUT2D eigenvalue weighted by molar-refractivity contribution is 5.85. The van der Waals surface area contributed by atoms with Crippen LogP contribution in [0.25, 0.3) is 0 Å². The molecule has 2 aliphatic rings. The Morgan fingerprint density at radius 3 is 1.59 bits per heavy atom. The minimum Gasteiger partial charge on any atom is -0.355 e. The molecule has 2 fully saturated rings. The molecule has 4 rings (SSSR count). The molecule has 0 spiro atoms. The summed E-state index contributed by atoms with van der Waals surface area (Å²) in [5.41, 5.74) is 0.745. The molecule has 29 heavy (non-hydrogen) atoms. The normalized spacial score (nSPS) is 15.8. The van der Waals surface area contributed by atoms with E-state index in [9.17, 15) is 0 Å². The Labute approximate surface area is 176 Å². The van der Waals surface area contributed by atoms with E-state index >= 15 is 0 Å². The van der Waals surface area contributed by atoms with Crippen LogP contribution < -0.4 is 15.1 Å². The molecule has 10 heteroatoms. The van der Waals surface area contributed by atoms with Crippen molar-refractivity contribution in [3.63, 3.8) is 0 Å². The molecule has 0 unspecified atom stereocenters. The first-order valence-corrected chi connectivity index (χ1v) is 9.45. The number of piperazine rings is 1. The van der Waals surface area contributed by atoms with Gasteiger partial charge in [0.05, 0.1) is 24.8 Å². The van der Waals surface area contributed by atoms with Crippen LogP contribution in [0.2, 0.25) is 0 Å². The lowest BCUT2D eigenvalue weighted by Crippen LogP contribution is -2.43. The first-order chi connectivity index (χ1) is 13.8. The van der Waals surface area contributed by atoms with E-state index in [1.54, 1.807) is 12.4 Å². The summed E-state index contributed by atoms with van der Waals surface area (Å²) in [5, 5.41) is 20.4. The van der Waals surface area contributed by atoms with E-state index in [0.29, 0.717) is 11.4 Å².